The second kappa shape index (κ2) is 11.8. The zero-order chi connectivity index (χ0) is 18.1. The summed E-state index contributed by atoms with van der Waals surface area (Å²) >= 11 is 0. The Morgan fingerprint density at radius 1 is 1.31 bits per heavy atom. The van der Waals surface area contributed by atoms with Crippen molar-refractivity contribution in [2.24, 2.45) is 11.8 Å². The molecule has 1 aliphatic heterocycles. The molecular weight excluding hydrogens is 354 g/mol. The van der Waals surface area contributed by atoms with Gasteiger partial charge in [-0.1, -0.05) is 13.0 Å². The van der Waals surface area contributed by atoms with Gasteiger partial charge in [-0.25, -0.2) is 0 Å². The van der Waals surface area contributed by atoms with E-state index in [1.54, 1.807) is 31.4 Å². The molecule has 1 aromatic carbocycles. The third kappa shape index (κ3) is 7.22. The van der Waals surface area contributed by atoms with E-state index in [9.17, 15) is 9.59 Å². The van der Waals surface area contributed by atoms with E-state index < -0.39 is 0 Å². The van der Waals surface area contributed by atoms with Gasteiger partial charge in [0.1, 0.15) is 5.75 Å². The van der Waals surface area contributed by atoms with Crippen molar-refractivity contribution >= 4 is 24.2 Å². The molecule has 146 valence electrons. The number of ether oxygens (including phenoxy) is 1. The highest BCUT2D eigenvalue weighted by Gasteiger charge is 2.21. The monoisotopic (exact) mass is 383 g/mol. The number of methoxy groups -OCH3 is 1. The maximum atomic E-state index is 12.1. The Morgan fingerprint density at radius 2 is 2.08 bits per heavy atom. The first-order valence-corrected chi connectivity index (χ1v) is 9.00. The number of hydrogen-bond donors (Lipinski definition) is 3. The first-order valence-electron chi connectivity index (χ1n) is 9.00. The summed E-state index contributed by atoms with van der Waals surface area (Å²) < 4.78 is 5.11. The number of rotatable bonds is 8. The number of piperidine rings is 1. The molecule has 2 rings (SSSR count). The van der Waals surface area contributed by atoms with Crippen LogP contribution in [-0.2, 0) is 4.79 Å². The van der Waals surface area contributed by atoms with E-state index in [-0.39, 0.29) is 24.2 Å². The van der Waals surface area contributed by atoms with Gasteiger partial charge in [0, 0.05) is 25.1 Å². The molecule has 0 radical (unpaired) electrons. The van der Waals surface area contributed by atoms with Crippen molar-refractivity contribution in [1.82, 2.24) is 16.0 Å². The highest BCUT2D eigenvalue weighted by atomic mass is 35.5. The smallest absolute Gasteiger partial charge is 0.251 e. The lowest BCUT2D eigenvalue weighted by Gasteiger charge is -2.28. The number of halogens is 1. The van der Waals surface area contributed by atoms with Gasteiger partial charge in [0.15, 0.2) is 0 Å². The van der Waals surface area contributed by atoms with Crippen molar-refractivity contribution in [3.05, 3.63) is 29.8 Å². The Morgan fingerprint density at radius 3 is 2.77 bits per heavy atom. The molecule has 2 atom stereocenters. The molecule has 1 heterocycles. The van der Waals surface area contributed by atoms with E-state index in [1.165, 1.54) is 12.8 Å². The summed E-state index contributed by atoms with van der Waals surface area (Å²) in [7, 11) is 1.57. The molecule has 0 aliphatic carbocycles. The molecule has 1 aliphatic rings. The van der Waals surface area contributed by atoms with Gasteiger partial charge in [0.2, 0.25) is 5.91 Å². The van der Waals surface area contributed by atoms with Crippen LogP contribution in [0.1, 0.15) is 36.5 Å². The third-order valence-electron chi connectivity index (χ3n) is 4.71. The lowest BCUT2D eigenvalue weighted by atomic mass is 9.85. The Kier molecular flexibility index (Phi) is 10.1. The summed E-state index contributed by atoms with van der Waals surface area (Å²) in [5.41, 5.74) is 0.545. The number of benzene rings is 1. The van der Waals surface area contributed by atoms with Gasteiger partial charge in [-0.2, -0.15) is 0 Å². The molecule has 26 heavy (non-hydrogen) atoms. The molecule has 7 heteroatoms. The van der Waals surface area contributed by atoms with E-state index in [4.69, 9.17) is 4.74 Å². The van der Waals surface area contributed by atoms with Crippen LogP contribution in [0.3, 0.4) is 0 Å². The molecule has 1 aromatic rings. The Bertz CT molecular complexity index is 577. The van der Waals surface area contributed by atoms with Crippen LogP contribution in [-0.4, -0.2) is 45.1 Å². The molecule has 0 bridgehead atoms. The lowest BCUT2D eigenvalue weighted by molar-refractivity contribution is -0.122. The van der Waals surface area contributed by atoms with Gasteiger partial charge < -0.3 is 20.7 Å². The first kappa shape index (κ1) is 22.3. The molecule has 0 saturated carbocycles. The van der Waals surface area contributed by atoms with Crippen LogP contribution < -0.4 is 20.7 Å². The van der Waals surface area contributed by atoms with Crippen LogP contribution >= 0.6 is 12.4 Å². The average Bonchev–Trinajstić information content (AvgIpc) is 2.65. The van der Waals surface area contributed by atoms with E-state index in [2.05, 4.69) is 22.9 Å². The minimum absolute atomic E-state index is 0. The van der Waals surface area contributed by atoms with Crippen LogP contribution in [0.5, 0.6) is 5.75 Å². The van der Waals surface area contributed by atoms with Crippen molar-refractivity contribution in [2.75, 3.05) is 33.3 Å². The molecule has 2 amide bonds. The van der Waals surface area contributed by atoms with Crippen molar-refractivity contribution < 1.29 is 14.3 Å². The largest absolute Gasteiger partial charge is 0.497 e. The molecule has 0 aromatic heterocycles. The van der Waals surface area contributed by atoms with E-state index in [1.807, 2.05) is 0 Å². The normalized spacial score (nSPS) is 17.5. The standard InChI is InChI=1S/C19H29N3O3.ClH/c1-14(16-6-4-8-20-13-16)11-18(23)21-9-10-22-19(24)15-5-3-7-17(12-15)25-2;/h3,5,7,12,14,16,20H,4,6,8-11,13H2,1-2H3,(H,21,23)(H,22,24);1H. The fraction of sp³-hybridized carbons (Fsp3) is 0.579. The Hall–Kier alpha value is -1.79. The van der Waals surface area contributed by atoms with Crippen LogP contribution in [0.4, 0.5) is 0 Å². The van der Waals surface area contributed by atoms with Crippen LogP contribution in [0.15, 0.2) is 24.3 Å². The maximum absolute atomic E-state index is 12.1. The SMILES string of the molecule is COc1cccc(C(=O)NCCNC(=O)CC(C)C2CCCNC2)c1.Cl. The molecule has 2 unspecified atom stereocenters. The maximum Gasteiger partial charge on any atom is 0.251 e. The Labute approximate surface area is 161 Å². The van der Waals surface area contributed by atoms with Crippen molar-refractivity contribution in [1.29, 1.82) is 0 Å². The summed E-state index contributed by atoms with van der Waals surface area (Å²) in [6.07, 6.45) is 2.92. The number of carbonyl (C=O) groups excluding carboxylic acids is 2. The van der Waals surface area contributed by atoms with Crippen LogP contribution in [0.25, 0.3) is 0 Å². The highest BCUT2D eigenvalue weighted by molar-refractivity contribution is 5.94. The minimum Gasteiger partial charge on any atom is -0.497 e. The zero-order valence-corrected chi connectivity index (χ0v) is 16.4. The number of hydrogen-bond acceptors (Lipinski definition) is 4. The molecule has 1 fully saturated rings. The number of nitrogens with one attached hydrogen (secondary N) is 3. The fourth-order valence-electron chi connectivity index (χ4n) is 3.14. The predicted octanol–water partition coefficient (Wildman–Crippen LogP) is 1.99. The summed E-state index contributed by atoms with van der Waals surface area (Å²) in [5, 5.41) is 9.08. The van der Waals surface area contributed by atoms with Crippen LogP contribution in [0, 0.1) is 11.8 Å². The first-order chi connectivity index (χ1) is 12.1. The third-order valence-corrected chi connectivity index (χ3v) is 4.71. The van der Waals surface area contributed by atoms with E-state index in [0.29, 0.717) is 42.7 Å². The zero-order valence-electron chi connectivity index (χ0n) is 15.5. The second-order valence-electron chi connectivity index (χ2n) is 6.63. The number of amides is 2. The fourth-order valence-corrected chi connectivity index (χ4v) is 3.14. The quantitative estimate of drug-likeness (QED) is 0.600. The summed E-state index contributed by atoms with van der Waals surface area (Å²) in [6, 6.07) is 6.99. The van der Waals surface area contributed by atoms with Gasteiger partial charge in [-0.15, -0.1) is 12.4 Å². The summed E-state index contributed by atoms with van der Waals surface area (Å²) in [5.74, 6) is 1.47. The second-order valence-corrected chi connectivity index (χ2v) is 6.63. The number of carbonyl (C=O) groups is 2. The molecule has 6 nitrogen and oxygen atoms in total. The molecule has 0 spiro atoms. The van der Waals surface area contributed by atoms with Gasteiger partial charge in [0.25, 0.3) is 5.91 Å². The molecule has 1 saturated heterocycles. The average molecular weight is 384 g/mol. The van der Waals surface area contributed by atoms with Crippen molar-refractivity contribution in [3.8, 4) is 5.75 Å². The summed E-state index contributed by atoms with van der Waals surface area (Å²) in [6.45, 7) is 5.07. The van der Waals surface area contributed by atoms with Crippen molar-refractivity contribution in [3.63, 3.8) is 0 Å². The molecule has 3 N–H and O–H groups in total. The van der Waals surface area contributed by atoms with Crippen LogP contribution in [0.2, 0.25) is 0 Å². The predicted molar refractivity (Wildman–Crippen MR) is 105 cm³/mol. The molecular formula is C19H30ClN3O3. The van der Waals surface area contributed by atoms with Crippen molar-refractivity contribution in [2.45, 2.75) is 26.2 Å². The Balaban J connectivity index is 0.00000338. The lowest BCUT2D eigenvalue weighted by Crippen LogP contribution is -2.37. The topological polar surface area (TPSA) is 79.5 Å². The van der Waals surface area contributed by atoms with Gasteiger partial charge in [-0.3, -0.25) is 9.59 Å². The van der Waals surface area contributed by atoms with E-state index >= 15 is 0 Å². The van der Waals surface area contributed by atoms with E-state index in [0.717, 1.165) is 13.1 Å². The summed E-state index contributed by atoms with van der Waals surface area (Å²) in [4.78, 5) is 24.1. The highest BCUT2D eigenvalue weighted by Crippen LogP contribution is 2.22. The van der Waals surface area contributed by atoms with Gasteiger partial charge in [0.05, 0.1) is 7.11 Å². The van der Waals surface area contributed by atoms with Gasteiger partial charge in [-0.05, 0) is 56.0 Å². The minimum atomic E-state index is -0.171. The van der Waals surface area contributed by atoms with Gasteiger partial charge >= 0.3 is 0 Å².